The van der Waals surface area contributed by atoms with Crippen molar-refractivity contribution in [3.63, 3.8) is 0 Å². The Morgan fingerprint density at radius 3 is 1.33 bits per heavy atom. The summed E-state index contributed by atoms with van der Waals surface area (Å²) in [6, 6.07) is 0. The van der Waals surface area contributed by atoms with E-state index in [1.54, 1.807) is 0 Å². The molecule has 0 radical (unpaired) electrons. The van der Waals surface area contributed by atoms with Gasteiger partial charge in [0.15, 0.2) is 0 Å². The molecule has 0 aliphatic rings. The summed E-state index contributed by atoms with van der Waals surface area (Å²) in [5, 5.41) is 0. The van der Waals surface area contributed by atoms with Crippen LogP contribution in [0.25, 0.3) is 0 Å². The molecule has 0 heterocycles. The predicted octanol–water partition coefficient (Wildman–Crippen LogP) is -2.33. The minimum atomic E-state index is -5.12. The van der Waals surface area contributed by atoms with Crippen LogP contribution in [0.15, 0.2) is 0 Å². The van der Waals surface area contributed by atoms with Gasteiger partial charge in [0.2, 0.25) is 0 Å². The van der Waals surface area contributed by atoms with E-state index in [4.69, 9.17) is 16.0 Å². The maximum Gasteiger partial charge on any atom is 2.00 e. The second-order valence-corrected chi connectivity index (χ2v) is 2.67. The van der Waals surface area contributed by atoms with Gasteiger partial charge >= 0.3 is 76.0 Å². The van der Waals surface area contributed by atoms with Crippen molar-refractivity contribution in [2.24, 2.45) is 0 Å². The summed E-state index contributed by atoms with van der Waals surface area (Å²) in [5.74, 6) is 0. The maximum absolute atomic E-state index is 8.94. The van der Waals surface area contributed by atoms with Crippen molar-refractivity contribution in [2.45, 2.75) is 0 Å². The van der Waals surface area contributed by atoms with Crippen LogP contribution in [-0.2, 0) is 3.74 Å². The molecule has 0 aliphatic carbocycles. The molecule has 0 aliphatic heterocycles. The van der Waals surface area contributed by atoms with Gasteiger partial charge in [0.25, 0.3) is 0 Å². The fourth-order valence-corrected chi connectivity index (χ4v) is 0. The smallest absolute Gasteiger partial charge is 1.00 e. The molecule has 0 saturated carbocycles. The summed E-state index contributed by atoms with van der Waals surface area (Å²) >= 11 is -5.12. The average Bonchev–Trinajstić information content (AvgIpc) is 0.722. The molecule has 0 amide bonds. The molecule has 0 rings (SSSR count). The van der Waals surface area contributed by atoms with Crippen molar-refractivity contribution < 1.29 is 18.9 Å². The van der Waals surface area contributed by atoms with E-state index in [1.165, 1.54) is 0 Å². The SMILES string of the molecule is O=[As](O)(O)O.[H-].[H-].[Sr+2]. The largest absolute Gasteiger partial charge is 2.00 e. The molecule has 0 aromatic rings. The van der Waals surface area contributed by atoms with Gasteiger partial charge in [0, 0.05) is 0 Å². The molecule has 0 spiro atoms. The predicted molar refractivity (Wildman–Crippen MR) is 21.1 cm³/mol. The Morgan fingerprint density at radius 2 is 1.33 bits per heavy atom. The number of rotatable bonds is 0. The van der Waals surface area contributed by atoms with Crippen LogP contribution in [0.1, 0.15) is 2.85 Å². The van der Waals surface area contributed by atoms with E-state index in [2.05, 4.69) is 0 Å². The maximum atomic E-state index is 8.94. The van der Waals surface area contributed by atoms with E-state index in [-0.39, 0.29) is 48.3 Å². The average molecular weight is 232 g/mol. The summed E-state index contributed by atoms with van der Waals surface area (Å²) in [4.78, 5) is 0. The van der Waals surface area contributed by atoms with Gasteiger partial charge < -0.3 is 2.85 Å². The van der Waals surface area contributed by atoms with Crippen LogP contribution in [0.2, 0.25) is 0 Å². The minimum absolute atomic E-state index is 0. The first-order valence-corrected chi connectivity index (χ1v) is 4.07. The molecule has 0 atom stereocenters. The molecular formula is H5AsO4Sr. The fraction of sp³-hybridized carbons (Fsp3) is 0. The number of hydrogen-bond donors (Lipinski definition) is 3. The summed E-state index contributed by atoms with van der Waals surface area (Å²) in [5.41, 5.74) is 0. The van der Waals surface area contributed by atoms with Gasteiger partial charge in [-0.1, -0.05) is 0 Å². The zero-order chi connectivity index (χ0) is 4.50. The Kier molecular flexibility index (Phi) is 6.55. The zero-order valence-electron chi connectivity index (χ0n) is 4.90. The standard InChI is InChI=1S/AsH3O4.Sr.2H/c2-1(3,4)5;;;/h(H3,2,3,4,5);;;/q;+2;2*-1. The molecule has 0 saturated heterocycles. The molecule has 0 aromatic heterocycles. The van der Waals surface area contributed by atoms with Crippen molar-refractivity contribution in [1.82, 2.24) is 0 Å². The van der Waals surface area contributed by atoms with Gasteiger partial charge in [0.1, 0.15) is 0 Å². The van der Waals surface area contributed by atoms with E-state index in [0.29, 0.717) is 0 Å². The zero-order valence-corrected chi connectivity index (χ0v) is 8.26. The first kappa shape index (κ1) is 10.7. The monoisotopic (exact) mass is 232 g/mol. The van der Waals surface area contributed by atoms with E-state index in [0.717, 1.165) is 0 Å². The quantitative estimate of drug-likeness (QED) is 0.409. The summed E-state index contributed by atoms with van der Waals surface area (Å²) in [6.07, 6.45) is 0. The Balaban J connectivity index is -0.0000000267. The van der Waals surface area contributed by atoms with Gasteiger partial charge in [-0.15, -0.1) is 0 Å². The van der Waals surface area contributed by atoms with Gasteiger partial charge in [-0.2, -0.15) is 0 Å². The molecular weight excluding hydrogens is 227 g/mol. The third-order valence-corrected chi connectivity index (χ3v) is 0. The molecule has 0 unspecified atom stereocenters. The van der Waals surface area contributed by atoms with Crippen molar-refractivity contribution in [3.05, 3.63) is 0 Å². The van der Waals surface area contributed by atoms with Gasteiger partial charge in [-0.25, -0.2) is 0 Å². The van der Waals surface area contributed by atoms with E-state index >= 15 is 0 Å². The third-order valence-electron chi connectivity index (χ3n) is 0. The van der Waals surface area contributed by atoms with Crippen molar-refractivity contribution in [1.29, 1.82) is 0 Å². The van der Waals surface area contributed by atoms with Crippen LogP contribution >= 0.6 is 0 Å². The van der Waals surface area contributed by atoms with Gasteiger partial charge in [-0.05, 0) is 0 Å². The summed E-state index contributed by atoms with van der Waals surface area (Å²) in [6.45, 7) is 0. The summed E-state index contributed by atoms with van der Waals surface area (Å²) in [7, 11) is 0. The minimum Gasteiger partial charge on any atom is -1.00 e. The van der Waals surface area contributed by atoms with Crippen molar-refractivity contribution >= 4 is 60.0 Å². The Labute approximate surface area is 77.8 Å². The van der Waals surface area contributed by atoms with Crippen LogP contribution in [-0.4, -0.2) is 72.3 Å². The van der Waals surface area contributed by atoms with Crippen molar-refractivity contribution in [3.8, 4) is 0 Å². The van der Waals surface area contributed by atoms with Gasteiger partial charge in [-0.3, -0.25) is 0 Å². The normalized spacial score (nSPS) is 9.83. The van der Waals surface area contributed by atoms with Crippen LogP contribution < -0.4 is 0 Å². The molecule has 0 bridgehead atoms. The third kappa shape index (κ3) is 43.1. The molecule has 0 fully saturated rings. The van der Waals surface area contributed by atoms with E-state index in [1.807, 2.05) is 0 Å². The molecule has 0 aromatic carbocycles. The van der Waals surface area contributed by atoms with Crippen LogP contribution in [0.4, 0.5) is 0 Å². The first-order chi connectivity index (χ1) is 2.00. The Hall–Kier alpha value is 1.72. The van der Waals surface area contributed by atoms with Crippen LogP contribution in [0, 0.1) is 0 Å². The first-order valence-electron chi connectivity index (χ1n) is 0.783. The number of hydrogen-bond acceptors (Lipinski definition) is 1. The second kappa shape index (κ2) is 3.69. The Bertz CT molecular complexity index is 60.2. The molecule has 4 nitrogen and oxygen atoms in total. The Morgan fingerprint density at radius 1 is 1.33 bits per heavy atom. The second-order valence-electron chi connectivity index (χ2n) is 0.513. The molecule has 6 heteroatoms. The van der Waals surface area contributed by atoms with E-state index < -0.39 is 14.5 Å². The van der Waals surface area contributed by atoms with Crippen LogP contribution in [0.5, 0.6) is 0 Å². The van der Waals surface area contributed by atoms with Crippen molar-refractivity contribution in [2.75, 3.05) is 0 Å². The topological polar surface area (TPSA) is 77.8 Å². The van der Waals surface area contributed by atoms with Crippen LogP contribution in [0.3, 0.4) is 0 Å². The fourth-order valence-electron chi connectivity index (χ4n) is 0. The molecule has 6 heavy (non-hydrogen) atoms. The van der Waals surface area contributed by atoms with E-state index in [9.17, 15) is 0 Å². The summed E-state index contributed by atoms with van der Waals surface area (Å²) < 4.78 is 30.7. The molecule has 36 valence electrons. The van der Waals surface area contributed by atoms with Gasteiger partial charge in [0.05, 0.1) is 0 Å². The molecule has 3 N–H and O–H groups in total.